The molecule has 2 aromatic rings. The SMILES string of the molecule is COc1ccc(C(C)NC(=O)Nc2ccc(C)c(Br)c2)cc1OC. The van der Waals surface area contributed by atoms with Crippen LogP contribution in [0.1, 0.15) is 24.1 Å². The summed E-state index contributed by atoms with van der Waals surface area (Å²) >= 11 is 3.46. The number of hydrogen-bond donors (Lipinski definition) is 2. The van der Waals surface area contributed by atoms with Gasteiger partial charge in [-0.2, -0.15) is 0 Å². The van der Waals surface area contributed by atoms with E-state index < -0.39 is 0 Å². The molecule has 0 saturated carbocycles. The molecule has 2 N–H and O–H groups in total. The number of ether oxygens (including phenoxy) is 2. The van der Waals surface area contributed by atoms with Crippen molar-refractivity contribution in [2.24, 2.45) is 0 Å². The van der Waals surface area contributed by atoms with E-state index in [1.807, 2.05) is 50.2 Å². The molecule has 0 radical (unpaired) electrons. The largest absolute Gasteiger partial charge is 0.493 e. The summed E-state index contributed by atoms with van der Waals surface area (Å²) in [7, 11) is 3.17. The first-order chi connectivity index (χ1) is 11.4. The molecule has 0 spiro atoms. The maximum absolute atomic E-state index is 12.2. The Morgan fingerprint density at radius 2 is 1.79 bits per heavy atom. The highest BCUT2D eigenvalue weighted by Crippen LogP contribution is 2.30. The third kappa shape index (κ3) is 4.41. The maximum Gasteiger partial charge on any atom is 0.319 e. The predicted octanol–water partition coefficient (Wildman–Crippen LogP) is 4.66. The number of methoxy groups -OCH3 is 2. The van der Waals surface area contributed by atoms with E-state index in [2.05, 4.69) is 26.6 Å². The van der Waals surface area contributed by atoms with Crippen LogP contribution in [0, 0.1) is 6.92 Å². The van der Waals surface area contributed by atoms with Gasteiger partial charge in [0.2, 0.25) is 0 Å². The second kappa shape index (κ2) is 8.06. The van der Waals surface area contributed by atoms with Gasteiger partial charge in [0.25, 0.3) is 0 Å². The molecule has 0 fully saturated rings. The summed E-state index contributed by atoms with van der Waals surface area (Å²) in [6.07, 6.45) is 0. The van der Waals surface area contributed by atoms with Crippen molar-refractivity contribution in [3.05, 3.63) is 52.0 Å². The molecule has 2 amide bonds. The van der Waals surface area contributed by atoms with Crippen molar-refractivity contribution >= 4 is 27.6 Å². The molecule has 0 heterocycles. The van der Waals surface area contributed by atoms with E-state index in [0.29, 0.717) is 11.5 Å². The third-order valence-corrected chi connectivity index (χ3v) is 4.54. The number of benzene rings is 2. The average molecular weight is 393 g/mol. The lowest BCUT2D eigenvalue weighted by Gasteiger charge is -2.17. The zero-order valence-corrected chi connectivity index (χ0v) is 15.7. The number of anilines is 1. The Kier molecular flexibility index (Phi) is 6.09. The van der Waals surface area contributed by atoms with E-state index in [9.17, 15) is 4.79 Å². The van der Waals surface area contributed by atoms with Crippen LogP contribution in [0.15, 0.2) is 40.9 Å². The van der Waals surface area contributed by atoms with Gasteiger partial charge in [0.1, 0.15) is 0 Å². The Balaban J connectivity index is 2.04. The standard InChI is InChI=1S/C18H21BrN2O3/c1-11-5-7-14(10-15(11)19)21-18(22)20-12(2)13-6-8-16(23-3)17(9-13)24-4/h5-10,12H,1-4H3,(H2,20,21,22). The molecule has 0 aliphatic heterocycles. The molecule has 128 valence electrons. The summed E-state index contributed by atoms with van der Waals surface area (Å²) in [5.41, 5.74) is 2.76. The molecule has 2 aromatic carbocycles. The van der Waals surface area contributed by atoms with Crippen LogP contribution in [0.25, 0.3) is 0 Å². The van der Waals surface area contributed by atoms with E-state index in [1.54, 1.807) is 14.2 Å². The molecule has 5 nitrogen and oxygen atoms in total. The van der Waals surface area contributed by atoms with Gasteiger partial charge in [-0.15, -0.1) is 0 Å². The summed E-state index contributed by atoms with van der Waals surface area (Å²) in [4.78, 5) is 12.2. The van der Waals surface area contributed by atoms with Crippen LogP contribution in [-0.4, -0.2) is 20.3 Å². The molecular formula is C18H21BrN2O3. The zero-order chi connectivity index (χ0) is 17.7. The summed E-state index contributed by atoms with van der Waals surface area (Å²) < 4.78 is 11.5. The first-order valence-corrected chi connectivity index (χ1v) is 8.29. The van der Waals surface area contributed by atoms with Gasteiger partial charge in [-0.25, -0.2) is 4.79 Å². The first-order valence-electron chi connectivity index (χ1n) is 7.50. The number of hydrogen-bond acceptors (Lipinski definition) is 3. The molecule has 1 atom stereocenters. The Morgan fingerprint density at radius 1 is 1.08 bits per heavy atom. The van der Waals surface area contributed by atoms with Crippen LogP contribution in [0.5, 0.6) is 11.5 Å². The quantitative estimate of drug-likeness (QED) is 0.777. The first kappa shape index (κ1) is 18.1. The molecule has 2 rings (SSSR count). The van der Waals surface area contributed by atoms with Gasteiger partial charge >= 0.3 is 6.03 Å². The monoisotopic (exact) mass is 392 g/mol. The van der Waals surface area contributed by atoms with Gasteiger partial charge in [-0.05, 0) is 49.2 Å². The van der Waals surface area contributed by atoms with Crippen LogP contribution < -0.4 is 20.1 Å². The fourth-order valence-electron chi connectivity index (χ4n) is 2.24. The highest BCUT2D eigenvalue weighted by atomic mass is 79.9. The fourth-order valence-corrected chi connectivity index (χ4v) is 2.62. The minimum atomic E-state index is -0.270. The van der Waals surface area contributed by atoms with E-state index in [4.69, 9.17) is 9.47 Å². The van der Waals surface area contributed by atoms with Crippen LogP contribution >= 0.6 is 15.9 Å². The third-order valence-electron chi connectivity index (χ3n) is 3.68. The average Bonchev–Trinajstić information content (AvgIpc) is 2.57. The number of aryl methyl sites for hydroxylation is 1. The minimum absolute atomic E-state index is 0.182. The lowest BCUT2D eigenvalue weighted by Crippen LogP contribution is -2.31. The number of nitrogens with one attached hydrogen (secondary N) is 2. The van der Waals surface area contributed by atoms with E-state index in [1.165, 1.54) is 0 Å². The van der Waals surface area contributed by atoms with Crippen LogP contribution in [0.2, 0.25) is 0 Å². The van der Waals surface area contributed by atoms with Crippen molar-refractivity contribution < 1.29 is 14.3 Å². The van der Waals surface area contributed by atoms with E-state index in [-0.39, 0.29) is 12.1 Å². The number of halogens is 1. The lowest BCUT2D eigenvalue weighted by molar-refractivity contribution is 0.249. The Bertz CT molecular complexity index is 734. The molecule has 0 aliphatic carbocycles. The van der Waals surface area contributed by atoms with Crippen LogP contribution in [0.3, 0.4) is 0 Å². The van der Waals surface area contributed by atoms with Gasteiger partial charge in [0, 0.05) is 10.2 Å². The van der Waals surface area contributed by atoms with Crippen molar-refractivity contribution in [2.75, 3.05) is 19.5 Å². The minimum Gasteiger partial charge on any atom is -0.493 e. The zero-order valence-electron chi connectivity index (χ0n) is 14.1. The number of urea groups is 1. The highest BCUT2D eigenvalue weighted by Gasteiger charge is 2.13. The van der Waals surface area contributed by atoms with Crippen LogP contribution in [0.4, 0.5) is 10.5 Å². The molecule has 24 heavy (non-hydrogen) atoms. The van der Waals surface area contributed by atoms with Crippen molar-refractivity contribution in [2.45, 2.75) is 19.9 Å². The van der Waals surface area contributed by atoms with Crippen molar-refractivity contribution in [1.29, 1.82) is 0 Å². The molecule has 1 unspecified atom stereocenters. The van der Waals surface area contributed by atoms with Gasteiger partial charge in [0.15, 0.2) is 11.5 Å². The van der Waals surface area contributed by atoms with E-state index >= 15 is 0 Å². The smallest absolute Gasteiger partial charge is 0.319 e. The second-order valence-electron chi connectivity index (χ2n) is 5.40. The second-order valence-corrected chi connectivity index (χ2v) is 6.25. The lowest BCUT2D eigenvalue weighted by atomic mass is 10.1. The molecule has 0 aromatic heterocycles. The maximum atomic E-state index is 12.2. The predicted molar refractivity (Wildman–Crippen MR) is 99.0 cm³/mol. The molecule has 0 saturated heterocycles. The molecule has 0 bridgehead atoms. The number of amides is 2. The summed E-state index contributed by atoms with van der Waals surface area (Å²) in [6.45, 7) is 3.90. The Hall–Kier alpha value is -2.21. The Morgan fingerprint density at radius 3 is 2.42 bits per heavy atom. The number of rotatable bonds is 5. The molecular weight excluding hydrogens is 372 g/mol. The fraction of sp³-hybridized carbons (Fsp3) is 0.278. The van der Waals surface area contributed by atoms with Crippen molar-refractivity contribution in [1.82, 2.24) is 5.32 Å². The summed E-state index contributed by atoms with van der Waals surface area (Å²) in [5.74, 6) is 1.29. The van der Waals surface area contributed by atoms with Gasteiger partial charge in [0.05, 0.1) is 20.3 Å². The normalized spacial score (nSPS) is 11.5. The Labute approximate surface area is 150 Å². The van der Waals surface area contributed by atoms with Gasteiger partial charge < -0.3 is 20.1 Å². The summed E-state index contributed by atoms with van der Waals surface area (Å²) in [5, 5.41) is 5.73. The van der Waals surface area contributed by atoms with Gasteiger partial charge in [-0.1, -0.05) is 28.1 Å². The van der Waals surface area contributed by atoms with Crippen molar-refractivity contribution in [3.8, 4) is 11.5 Å². The molecule has 0 aliphatic rings. The summed E-state index contributed by atoms with van der Waals surface area (Å²) in [6, 6.07) is 10.8. The van der Waals surface area contributed by atoms with E-state index in [0.717, 1.165) is 21.3 Å². The number of carbonyl (C=O) groups is 1. The van der Waals surface area contributed by atoms with Gasteiger partial charge in [-0.3, -0.25) is 0 Å². The number of carbonyl (C=O) groups excluding carboxylic acids is 1. The molecule has 6 heteroatoms. The topological polar surface area (TPSA) is 59.6 Å². The van der Waals surface area contributed by atoms with Crippen molar-refractivity contribution in [3.63, 3.8) is 0 Å². The van der Waals surface area contributed by atoms with Crippen LogP contribution in [-0.2, 0) is 0 Å². The highest BCUT2D eigenvalue weighted by molar-refractivity contribution is 9.10.